The van der Waals surface area contributed by atoms with E-state index < -0.39 is 12.0 Å². The van der Waals surface area contributed by atoms with Crippen LogP contribution in [-0.2, 0) is 14.4 Å². The van der Waals surface area contributed by atoms with Crippen molar-refractivity contribution in [3.05, 3.63) is 0 Å². The summed E-state index contributed by atoms with van der Waals surface area (Å²) in [7, 11) is 0. The van der Waals surface area contributed by atoms with Crippen LogP contribution in [0.4, 0.5) is 0 Å². The highest BCUT2D eigenvalue weighted by molar-refractivity contribution is 8.00. The van der Waals surface area contributed by atoms with Gasteiger partial charge in [0.25, 0.3) is 0 Å². The van der Waals surface area contributed by atoms with Crippen LogP contribution in [0, 0.1) is 0 Å². The van der Waals surface area contributed by atoms with E-state index in [1.54, 1.807) is 11.8 Å². The molecule has 1 aliphatic heterocycles. The van der Waals surface area contributed by atoms with Crippen LogP contribution < -0.4 is 5.32 Å². The van der Waals surface area contributed by atoms with E-state index in [1.165, 1.54) is 0 Å². The van der Waals surface area contributed by atoms with E-state index in [1.807, 2.05) is 0 Å². The summed E-state index contributed by atoms with van der Waals surface area (Å²) in [6.45, 7) is 3.18. The molecule has 0 saturated carbocycles. The molecule has 1 rings (SSSR count). The first-order chi connectivity index (χ1) is 9.00. The fourth-order valence-corrected chi connectivity index (χ4v) is 2.51. The van der Waals surface area contributed by atoms with E-state index in [2.05, 4.69) is 5.32 Å². The summed E-state index contributed by atoms with van der Waals surface area (Å²) in [5, 5.41) is 11.1. The van der Waals surface area contributed by atoms with Gasteiger partial charge in [0.15, 0.2) is 0 Å². The Morgan fingerprint density at radius 2 is 1.84 bits per heavy atom. The molecule has 0 aromatic carbocycles. The molecule has 2 N–H and O–H groups in total. The summed E-state index contributed by atoms with van der Waals surface area (Å²) in [5.74, 6) is -1.36. The topological polar surface area (TPSA) is 86.7 Å². The van der Waals surface area contributed by atoms with E-state index >= 15 is 0 Å². The number of carbonyl (C=O) groups is 3. The zero-order chi connectivity index (χ0) is 14.3. The second-order valence-electron chi connectivity index (χ2n) is 4.56. The molecule has 6 nitrogen and oxygen atoms in total. The molecule has 1 atom stereocenters. The number of carbonyl (C=O) groups excluding carboxylic acids is 2. The molecule has 0 aromatic rings. The lowest BCUT2D eigenvalue weighted by Crippen LogP contribution is -2.48. The highest BCUT2D eigenvalue weighted by atomic mass is 32.2. The second-order valence-corrected chi connectivity index (χ2v) is 5.55. The van der Waals surface area contributed by atoms with Crippen molar-refractivity contribution in [3.63, 3.8) is 0 Å². The number of carboxylic acid groups (broad SMARTS) is 1. The molecule has 1 unspecified atom stereocenters. The Morgan fingerprint density at radius 3 is 2.42 bits per heavy atom. The third kappa shape index (κ3) is 5.96. The van der Waals surface area contributed by atoms with Crippen molar-refractivity contribution in [2.24, 2.45) is 0 Å². The van der Waals surface area contributed by atoms with Crippen LogP contribution in [0.5, 0.6) is 0 Å². The summed E-state index contributed by atoms with van der Waals surface area (Å²) in [5.41, 5.74) is 0. The molecule has 1 heterocycles. The van der Waals surface area contributed by atoms with Gasteiger partial charge in [0, 0.05) is 13.1 Å². The average Bonchev–Trinajstić information content (AvgIpc) is 2.38. The smallest absolute Gasteiger partial charge is 0.313 e. The van der Waals surface area contributed by atoms with Crippen molar-refractivity contribution in [1.29, 1.82) is 0 Å². The SMILES string of the molecule is CC(NC(=O)CSCC(=O)O)C(=O)N1CCCCC1. The number of hydrogen-bond donors (Lipinski definition) is 2. The number of rotatable bonds is 6. The Morgan fingerprint density at radius 1 is 1.21 bits per heavy atom. The molecule has 0 bridgehead atoms. The summed E-state index contributed by atoms with van der Waals surface area (Å²) in [4.78, 5) is 35.6. The van der Waals surface area contributed by atoms with Crippen LogP contribution in [0.15, 0.2) is 0 Å². The molecule has 1 aliphatic rings. The number of likely N-dealkylation sites (tertiary alicyclic amines) is 1. The second kappa shape index (κ2) is 8.04. The van der Waals surface area contributed by atoms with Crippen molar-refractivity contribution in [3.8, 4) is 0 Å². The van der Waals surface area contributed by atoms with Crippen molar-refractivity contribution < 1.29 is 19.5 Å². The largest absolute Gasteiger partial charge is 0.481 e. The van der Waals surface area contributed by atoms with E-state index in [4.69, 9.17) is 5.11 Å². The first-order valence-corrected chi connectivity index (χ1v) is 7.54. The van der Waals surface area contributed by atoms with Gasteiger partial charge in [-0.15, -0.1) is 11.8 Å². The third-order valence-electron chi connectivity index (χ3n) is 2.87. The lowest BCUT2D eigenvalue weighted by atomic mass is 10.1. The van der Waals surface area contributed by atoms with Crippen LogP contribution >= 0.6 is 11.8 Å². The first-order valence-electron chi connectivity index (χ1n) is 6.38. The maximum absolute atomic E-state index is 12.0. The monoisotopic (exact) mass is 288 g/mol. The predicted molar refractivity (Wildman–Crippen MR) is 73.0 cm³/mol. The summed E-state index contributed by atoms with van der Waals surface area (Å²) < 4.78 is 0. The van der Waals surface area contributed by atoms with Gasteiger partial charge in [0.2, 0.25) is 11.8 Å². The lowest BCUT2D eigenvalue weighted by molar-refractivity contribution is -0.136. The summed E-state index contributed by atoms with van der Waals surface area (Å²) in [6.07, 6.45) is 3.18. The maximum Gasteiger partial charge on any atom is 0.313 e. The molecule has 108 valence electrons. The number of carboxylic acids is 1. The van der Waals surface area contributed by atoms with Gasteiger partial charge in [0.05, 0.1) is 11.5 Å². The van der Waals surface area contributed by atoms with E-state index in [0.29, 0.717) is 0 Å². The van der Waals surface area contributed by atoms with Crippen molar-refractivity contribution >= 4 is 29.5 Å². The molecule has 2 amide bonds. The number of amides is 2. The first kappa shape index (κ1) is 15.8. The van der Waals surface area contributed by atoms with Gasteiger partial charge in [0.1, 0.15) is 6.04 Å². The number of thioether (sulfide) groups is 1. The van der Waals surface area contributed by atoms with E-state index in [-0.39, 0.29) is 23.3 Å². The average molecular weight is 288 g/mol. The molecule has 1 saturated heterocycles. The Hall–Kier alpha value is -1.24. The highest BCUT2D eigenvalue weighted by Gasteiger charge is 2.23. The Labute approximate surface area is 116 Å². The molecule has 0 spiro atoms. The van der Waals surface area contributed by atoms with Gasteiger partial charge in [-0.1, -0.05) is 0 Å². The van der Waals surface area contributed by atoms with Crippen LogP contribution in [0.1, 0.15) is 26.2 Å². The van der Waals surface area contributed by atoms with Crippen LogP contribution in [0.3, 0.4) is 0 Å². The van der Waals surface area contributed by atoms with Crippen LogP contribution in [0.25, 0.3) is 0 Å². The Kier molecular flexibility index (Phi) is 6.69. The zero-order valence-corrected chi connectivity index (χ0v) is 11.9. The fraction of sp³-hybridized carbons (Fsp3) is 0.750. The Bertz CT molecular complexity index is 343. The predicted octanol–water partition coefficient (Wildman–Crippen LogP) is 0.321. The standard InChI is InChI=1S/C12H20N2O4S/c1-9(12(18)14-5-3-2-4-6-14)13-10(15)7-19-8-11(16)17/h9H,2-8H2,1H3,(H,13,15)(H,16,17). The van der Waals surface area contributed by atoms with Crippen LogP contribution in [0.2, 0.25) is 0 Å². The number of nitrogens with one attached hydrogen (secondary N) is 1. The van der Waals surface area contributed by atoms with E-state index in [9.17, 15) is 14.4 Å². The summed E-state index contributed by atoms with van der Waals surface area (Å²) in [6, 6.07) is -0.545. The molecule has 0 radical (unpaired) electrons. The molecule has 19 heavy (non-hydrogen) atoms. The van der Waals surface area contributed by atoms with Gasteiger partial charge < -0.3 is 15.3 Å². The maximum atomic E-state index is 12.0. The van der Waals surface area contributed by atoms with Crippen molar-refractivity contribution in [1.82, 2.24) is 10.2 Å². The lowest BCUT2D eigenvalue weighted by Gasteiger charge is -2.29. The number of aliphatic carboxylic acids is 1. The number of piperidine rings is 1. The minimum Gasteiger partial charge on any atom is -0.481 e. The fourth-order valence-electron chi connectivity index (χ4n) is 1.96. The normalized spacial score (nSPS) is 16.8. The van der Waals surface area contributed by atoms with Crippen molar-refractivity contribution in [2.75, 3.05) is 24.6 Å². The number of hydrogen-bond acceptors (Lipinski definition) is 4. The molecule has 0 aromatic heterocycles. The molecular weight excluding hydrogens is 268 g/mol. The van der Waals surface area contributed by atoms with Gasteiger partial charge >= 0.3 is 5.97 Å². The van der Waals surface area contributed by atoms with E-state index in [0.717, 1.165) is 44.1 Å². The van der Waals surface area contributed by atoms with Crippen LogP contribution in [-0.4, -0.2) is 58.4 Å². The van der Waals surface area contributed by atoms with Gasteiger partial charge in [-0.25, -0.2) is 0 Å². The Balaban J connectivity index is 2.28. The molecule has 0 aliphatic carbocycles. The highest BCUT2D eigenvalue weighted by Crippen LogP contribution is 2.10. The van der Waals surface area contributed by atoms with Gasteiger partial charge in [-0.05, 0) is 26.2 Å². The van der Waals surface area contributed by atoms with Gasteiger partial charge in [-0.2, -0.15) is 0 Å². The quantitative estimate of drug-likeness (QED) is 0.735. The molecule has 1 fully saturated rings. The summed E-state index contributed by atoms with van der Waals surface area (Å²) >= 11 is 1.02. The van der Waals surface area contributed by atoms with Crippen molar-refractivity contribution in [2.45, 2.75) is 32.2 Å². The zero-order valence-electron chi connectivity index (χ0n) is 11.1. The van der Waals surface area contributed by atoms with Gasteiger partial charge in [-0.3, -0.25) is 14.4 Å². The third-order valence-corrected chi connectivity index (χ3v) is 3.79. The minimum atomic E-state index is -0.949. The number of nitrogens with zero attached hydrogens (tertiary/aromatic N) is 1. The minimum absolute atomic E-state index is 0.0590. The molecule has 7 heteroatoms. The molecular formula is C12H20N2O4S.